The third kappa shape index (κ3) is 1.58. The Balaban J connectivity index is 2.67. The molecule has 1 fully saturated rings. The Kier molecular flexibility index (Phi) is 2.27. The Bertz CT molecular complexity index is 191. The van der Waals surface area contributed by atoms with Crippen LogP contribution in [-0.4, -0.2) is 36.3 Å². The van der Waals surface area contributed by atoms with Crippen LogP contribution in [-0.2, 0) is 14.3 Å². The molecular weight excluding hydrogens is 152 g/mol. The molecule has 1 rings (SSSR count). The number of hydrogen-bond acceptors (Lipinski definition) is 5. The number of oxime groups is 1. The Morgan fingerprint density at radius 2 is 2.45 bits per heavy atom. The highest BCUT2D eigenvalue weighted by Crippen LogP contribution is 2.03. The highest BCUT2D eigenvalue weighted by molar-refractivity contribution is 6.02. The minimum absolute atomic E-state index is 0.177. The van der Waals surface area contributed by atoms with E-state index in [0.717, 1.165) is 0 Å². The van der Waals surface area contributed by atoms with Crippen LogP contribution in [0.4, 0.5) is 0 Å². The summed E-state index contributed by atoms with van der Waals surface area (Å²) < 4.78 is 9.63. The first-order valence-corrected chi connectivity index (χ1v) is 3.01. The average Bonchev–Trinajstić information content (AvgIpc) is 2.04. The first-order valence-electron chi connectivity index (χ1n) is 3.01. The Morgan fingerprint density at radius 1 is 1.73 bits per heavy atom. The molecule has 0 aromatic heterocycles. The number of carbonyl (C=O) groups is 1. The molecule has 0 bridgehead atoms. The van der Waals surface area contributed by atoms with Crippen molar-refractivity contribution in [3.63, 3.8) is 0 Å². The van der Waals surface area contributed by atoms with E-state index >= 15 is 0 Å². The van der Waals surface area contributed by atoms with E-state index in [9.17, 15) is 4.79 Å². The molecule has 1 amide bonds. The molecule has 1 heterocycles. The molecule has 0 aliphatic carbocycles. The van der Waals surface area contributed by atoms with Crippen LogP contribution in [0.15, 0.2) is 5.16 Å². The number of nitrogens with two attached hydrogens (primary N) is 1. The molecule has 3 N–H and O–H groups in total. The van der Waals surface area contributed by atoms with Crippen molar-refractivity contribution < 1.29 is 19.5 Å². The van der Waals surface area contributed by atoms with E-state index in [1.807, 2.05) is 0 Å². The lowest BCUT2D eigenvalue weighted by Crippen LogP contribution is -2.43. The van der Waals surface area contributed by atoms with Gasteiger partial charge in [-0.25, -0.2) is 0 Å². The molecule has 6 heteroatoms. The van der Waals surface area contributed by atoms with Crippen LogP contribution in [0.5, 0.6) is 0 Å². The fourth-order valence-electron chi connectivity index (χ4n) is 0.744. The zero-order valence-electron chi connectivity index (χ0n) is 5.69. The van der Waals surface area contributed by atoms with Crippen LogP contribution >= 0.6 is 0 Å². The molecular formula is C5H8N2O4. The summed E-state index contributed by atoms with van der Waals surface area (Å²) in [5, 5.41) is 11.0. The molecule has 0 aromatic rings. The maximum Gasteiger partial charge on any atom is 0.264 e. The van der Waals surface area contributed by atoms with E-state index in [1.165, 1.54) is 0 Å². The van der Waals surface area contributed by atoms with Crippen molar-refractivity contribution >= 4 is 11.8 Å². The lowest BCUT2D eigenvalue weighted by molar-refractivity contribution is -0.129. The largest absolute Gasteiger partial charge is 0.474 e. The lowest BCUT2D eigenvalue weighted by atomic mass is 10.3. The van der Waals surface area contributed by atoms with Crippen molar-refractivity contribution in [3.8, 4) is 0 Å². The molecule has 62 valence electrons. The van der Waals surface area contributed by atoms with Gasteiger partial charge in [-0.2, -0.15) is 0 Å². The maximum atomic E-state index is 10.5. The summed E-state index contributed by atoms with van der Waals surface area (Å²) in [4.78, 5) is 10.5. The molecule has 0 spiro atoms. The van der Waals surface area contributed by atoms with Gasteiger partial charge in [-0.3, -0.25) is 4.79 Å². The van der Waals surface area contributed by atoms with Crippen molar-refractivity contribution in [2.45, 2.75) is 6.10 Å². The second kappa shape index (κ2) is 3.20. The number of amides is 1. The van der Waals surface area contributed by atoms with E-state index in [1.54, 1.807) is 0 Å². The summed E-state index contributed by atoms with van der Waals surface area (Å²) in [7, 11) is 0. The van der Waals surface area contributed by atoms with Crippen LogP contribution in [0.2, 0.25) is 0 Å². The summed E-state index contributed by atoms with van der Waals surface area (Å²) in [6, 6.07) is 0. The number of nitrogens with zero attached hydrogens (tertiary/aromatic N) is 1. The fourth-order valence-corrected chi connectivity index (χ4v) is 0.744. The van der Waals surface area contributed by atoms with Gasteiger partial charge in [0.2, 0.25) is 6.10 Å². The standard InChI is InChI=1S/C5H8N2O4/c6-4(8)3-5(7-9)11-2-1-10-3/h3,9H,1-2H2,(H2,6,8). The Morgan fingerprint density at radius 3 is 2.91 bits per heavy atom. The van der Waals surface area contributed by atoms with Crippen molar-refractivity contribution in [1.82, 2.24) is 0 Å². The summed E-state index contributed by atoms with van der Waals surface area (Å²) in [5.74, 6) is -0.902. The van der Waals surface area contributed by atoms with Crippen molar-refractivity contribution in [3.05, 3.63) is 0 Å². The minimum atomic E-state index is -1.05. The van der Waals surface area contributed by atoms with Crippen molar-refractivity contribution in [1.29, 1.82) is 0 Å². The maximum absolute atomic E-state index is 10.5. The van der Waals surface area contributed by atoms with Gasteiger partial charge in [-0.15, -0.1) is 0 Å². The van der Waals surface area contributed by atoms with E-state index in [4.69, 9.17) is 20.4 Å². The summed E-state index contributed by atoms with van der Waals surface area (Å²) in [6.07, 6.45) is -1.05. The Labute approximate surface area is 62.6 Å². The molecule has 6 nitrogen and oxygen atoms in total. The van der Waals surface area contributed by atoms with Gasteiger partial charge in [0, 0.05) is 0 Å². The third-order valence-electron chi connectivity index (χ3n) is 1.20. The van der Waals surface area contributed by atoms with Crippen LogP contribution in [0.1, 0.15) is 0 Å². The van der Waals surface area contributed by atoms with Gasteiger partial charge >= 0.3 is 0 Å². The molecule has 1 aliphatic heterocycles. The van der Waals surface area contributed by atoms with E-state index in [-0.39, 0.29) is 19.1 Å². The van der Waals surface area contributed by atoms with Crippen LogP contribution in [0.3, 0.4) is 0 Å². The summed E-state index contributed by atoms with van der Waals surface area (Å²) in [5.41, 5.74) is 4.90. The second-order valence-corrected chi connectivity index (χ2v) is 1.94. The second-order valence-electron chi connectivity index (χ2n) is 1.94. The number of hydrogen-bond donors (Lipinski definition) is 2. The normalized spacial score (nSPS) is 28.0. The monoisotopic (exact) mass is 160 g/mol. The quantitative estimate of drug-likeness (QED) is 0.367. The topological polar surface area (TPSA) is 94.1 Å². The summed E-state index contributed by atoms with van der Waals surface area (Å²) in [6.45, 7) is 0.537. The first-order chi connectivity index (χ1) is 5.25. The van der Waals surface area contributed by atoms with E-state index in [2.05, 4.69) is 5.16 Å². The smallest absolute Gasteiger partial charge is 0.264 e. The summed E-state index contributed by atoms with van der Waals surface area (Å²) >= 11 is 0. The molecule has 0 radical (unpaired) electrons. The number of rotatable bonds is 1. The van der Waals surface area contributed by atoms with Gasteiger partial charge in [0.15, 0.2) is 0 Å². The van der Waals surface area contributed by atoms with Crippen molar-refractivity contribution in [2.75, 3.05) is 13.2 Å². The number of primary amides is 1. The minimum Gasteiger partial charge on any atom is -0.474 e. The number of ether oxygens (including phenoxy) is 2. The molecule has 1 saturated heterocycles. The highest BCUT2D eigenvalue weighted by atomic mass is 16.6. The predicted molar refractivity (Wildman–Crippen MR) is 34.1 cm³/mol. The van der Waals surface area contributed by atoms with Gasteiger partial charge in [0.25, 0.3) is 11.8 Å². The fraction of sp³-hybridized carbons (Fsp3) is 0.600. The van der Waals surface area contributed by atoms with Crippen molar-refractivity contribution in [2.24, 2.45) is 10.9 Å². The molecule has 0 saturated carbocycles. The van der Waals surface area contributed by atoms with E-state index < -0.39 is 12.0 Å². The van der Waals surface area contributed by atoms with Gasteiger partial charge in [-0.05, 0) is 0 Å². The zero-order valence-corrected chi connectivity index (χ0v) is 5.69. The highest BCUT2D eigenvalue weighted by Gasteiger charge is 2.28. The first kappa shape index (κ1) is 7.80. The van der Waals surface area contributed by atoms with Gasteiger partial charge in [0.1, 0.15) is 6.61 Å². The SMILES string of the molecule is NC(=O)C1OCCOC1=NO. The third-order valence-corrected chi connectivity index (χ3v) is 1.20. The van der Waals surface area contributed by atoms with Crippen LogP contribution in [0.25, 0.3) is 0 Å². The van der Waals surface area contributed by atoms with Crippen LogP contribution < -0.4 is 5.73 Å². The van der Waals surface area contributed by atoms with Gasteiger partial charge in [-0.1, -0.05) is 5.16 Å². The predicted octanol–water partition coefficient (Wildman–Crippen LogP) is -1.33. The molecule has 1 aliphatic rings. The van der Waals surface area contributed by atoms with Gasteiger partial charge in [0.05, 0.1) is 6.61 Å². The average molecular weight is 160 g/mol. The molecule has 1 atom stereocenters. The number of carbonyl (C=O) groups excluding carboxylic acids is 1. The molecule has 1 unspecified atom stereocenters. The lowest BCUT2D eigenvalue weighted by Gasteiger charge is -2.20. The molecule has 0 aromatic carbocycles. The zero-order chi connectivity index (χ0) is 8.27. The Hall–Kier alpha value is -1.30. The van der Waals surface area contributed by atoms with E-state index in [0.29, 0.717) is 0 Å². The molecule has 11 heavy (non-hydrogen) atoms. The van der Waals surface area contributed by atoms with Crippen LogP contribution in [0, 0.1) is 0 Å². The van der Waals surface area contributed by atoms with Gasteiger partial charge < -0.3 is 20.4 Å².